The molecule has 0 aromatic rings. The molecule has 7 heavy (non-hydrogen) atoms. The molecule has 1 heterocycles. The topological polar surface area (TPSA) is 35.2 Å². The van der Waals surface area contributed by atoms with Gasteiger partial charge in [-0.3, -0.25) is 0 Å². The summed E-state index contributed by atoms with van der Waals surface area (Å²) in [5.41, 5.74) is 5.26. The van der Waals surface area contributed by atoms with E-state index in [1.165, 1.54) is 0 Å². The highest BCUT2D eigenvalue weighted by atomic mass is 19.1. The summed E-state index contributed by atoms with van der Waals surface area (Å²) in [6, 6.07) is -0.0741. The summed E-state index contributed by atoms with van der Waals surface area (Å²) in [4.78, 5) is 0. The van der Waals surface area contributed by atoms with E-state index in [-0.39, 0.29) is 6.04 Å². The zero-order valence-electron chi connectivity index (χ0n) is 3.93. The smallest absolute Gasteiger partial charge is 0.200 e. The van der Waals surface area contributed by atoms with Crippen molar-refractivity contribution in [3.8, 4) is 0 Å². The van der Waals surface area contributed by atoms with Gasteiger partial charge >= 0.3 is 0 Å². The first-order valence-corrected chi connectivity index (χ1v) is 2.30. The molecule has 0 bridgehead atoms. The Labute approximate surface area is 41.4 Å². The number of hydrogen-bond donors (Lipinski definition) is 1. The average Bonchev–Trinajstić information content (AvgIpc) is 1.87. The van der Waals surface area contributed by atoms with Gasteiger partial charge in [0.2, 0.25) is 0 Å². The van der Waals surface area contributed by atoms with Gasteiger partial charge in [0, 0.05) is 12.5 Å². The summed E-state index contributed by atoms with van der Waals surface area (Å²) in [7, 11) is 0. The van der Waals surface area contributed by atoms with Crippen molar-refractivity contribution >= 4 is 0 Å². The zero-order valence-corrected chi connectivity index (χ0v) is 3.93. The minimum atomic E-state index is -1.10. The molecule has 1 aliphatic heterocycles. The molecule has 2 atom stereocenters. The van der Waals surface area contributed by atoms with Gasteiger partial charge in [0.15, 0.2) is 6.36 Å². The normalized spacial score (nSPS) is 42.0. The molecule has 0 saturated carbocycles. The number of hydrogen-bond acceptors (Lipinski definition) is 2. The van der Waals surface area contributed by atoms with Crippen molar-refractivity contribution in [1.82, 2.24) is 0 Å². The van der Waals surface area contributed by atoms with Crippen LogP contribution in [-0.4, -0.2) is 19.0 Å². The van der Waals surface area contributed by atoms with Gasteiger partial charge in [0.25, 0.3) is 0 Å². The number of nitrogens with two attached hydrogens (primary N) is 1. The predicted molar refractivity (Wildman–Crippen MR) is 23.4 cm³/mol. The molecule has 0 spiro atoms. The van der Waals surface area contributed by atoms with Crippen molar-refractivity contribution in [3.63, 3.8) is 0 Å². The summed E-state index contributed by atoms with van der Waals surface area (Å²) in [5, 5.41) is 0. The molecule has 0 aromatic carbocycles. The van der Waals surface area contributed by atoms with Crippen LogP contribution in [0.15, 0.2) is 0 Å². The third kappa shape index (κ3) is 1.11. The van der Waals surface area contributed by atoms with Crippen LogP contribution in [-0.2, 0) is 4.74 Å². The minimum Gasteiger partial charge on any atom is -0.346 e. The predicted octanol–water partition coefficient (Wildman–Crippen LogP) is 0.0296. The first-order chi connectivity index (χ1) is 3.29. The Balaban J connectivity index is 2.26. The summed E-state index contributed by atoms with van der Waals surface area (Å²) in [6.07, 6.45) is -0.741. The van der Waals surface area contributed by atoms with Crippen molar-refractivity contribution in [2.45, 2.75) is 18.8 Å². The van der Waals surface area contributed by atoms with E-state index >= 15 is 0 Å². The maximum Gasteiger partial charge on any atom is 0.200 e. The average molecular weight is 105 g/mol. The van der Waals surface area contributed by atoms with Gasteiger partial charge in [-0.25, -0.2) is 4.39 Å². The molecule has 1 fully saturated rings. The summed E-state index contributed by atoms with van der Waals surface area (Å²) >= 11 is 0. The van der Waals surface area contributed by atoms with Crippen molar-refractivity contribution < 1.29 is 9.13 Å². The Bertz CT molecular complexity index is 60.7. The maximum absolute atomic E-state index is 11.9. The Morgan fingerprint density at radius 3 is 2.57 bits per heavy atom. The summed E-state index contributed by atoms with van der Waals surface area (Å²) in [5.74, 6) is 0. The zero-order chi connectivity index (χ0) is 5.28. The number of alkyl halides is 1. The van der Waals surface area contributed by atoms with Crippen LogP contribution in [0.25, 0.3) is 0 Å². The van der Waals surface area contributed by atoms with E-state index in [1.807, 2.05) is 0 Å². The van der Waals surface area contributed by atoms with Crippen molar-refractivity contribution in [2.24, 2.45) is 5.73 Å². The van der Waals surface area contributed by atoms with E-state index in [0.717, 1.165) is 0 Å². The molecule has 2 nitrogen and oxygen atoms in total. The van der Waals surface area contributed by atoms with Gasteiger partial charge in [-0.1, -0.05) is 0 Å². The molecule has 0 radical (unpaired) electrons. The van der Waals surface area contributed by atoms with Crippen LogP contribution in [0.1, 0.15) is 6.42 Å². The largest absolute Gasteiger partial charge is 0.346 e. The SMILES string of the molecule is NC1COC(F)C1. The Kier molecular flexibility index (Phi) is 1.25. The van der Waals surface area contributed by atoms with Crippen LogP contribution < -0.4 is 5.73 Å². The monoisotopic (exact) mass is 105 g/mol. The van der Waals surface area contributed by atoms with Crippen LogP contribution >= 0.6 is 0 Å². The molecule has 3 heteroatoms. The maximum atomic E-state index is 11.9. The fraction of sp³-hybridized carbons (Fsp3) is 1.00. The van der Waals surface area contributed by atoms with Crippen molar-refractivity contribution in [2.75, 3.05) is 6.61 Å². The summed E-state index contributed by atoms with van der Waals surface area (Å²) in [6.45, 7) is 0.376. The Morgan fingerprint density at radius 1 is 1.71 bits per heavy atom. The van der Waals surface area contributed by atoms with Gasteiger partial charge in [-0.2, -0.15) is 0 Å². The highest BCUT2D eigenvalue weighted by Gasteiger charge is 2.20. The minimum absolute atomic E-state index is 0.0741. The standard InChI is InChI=1S/C4H8FNO/c5-4-1-3(6)2-7-4/h3-4H,1-2,6H2. The van der Waals surface area contributed by atoms with E-state index in [4.69, 9.17) is 5.73 Å². The first-order valence-electron chi connectivity index (χ1n) is 2.30. The Morgan fingerprint density at radius 2 is 2.43 bits per heavy atom. The molecule has 2 N–H and O–H groups in total. The fourth-order valence-corrected chi connectivity index (χ4v) is 0.602. The lowest BCUT2D eigenvalue weighted by Crippen LogP contribution is -2.18. The molecule has 0 amide bonds. The number of rotatable bonds is 0. The van der Waals surface area contributed by atoms with Crippen molar-refractivity contribution in [1.29, 1.82) is 0 Å². The summed E-state index contributed by atoms with van der Waals surface area (Å²) < 4.78 is 16.3. The van der Waals surface area contributed by atoms with E-state index in [0.29, 0.717) is 13.0 Å². The molecule has 0 aromatic heterocycles. The lowest BCUT2D eigenvalue weighted by molar-refractivity contribution is 0.00915. The van der Waals surface area contributed by atoms with E-state index in [2.05, 4.69) is 4.74 Å². The van der Waals surface area contributed by atoms with E-state index < -0.39 is 6.36 Å². The third-order valence-electron chi connectivity index (χ3n) is 0.979. The quantitative estimate of drug-likeness (QED) is 0.471. The number of ether oxygens (including phenoxy) is 1. The van der Waals surface area contributed by atoms with Crippen LogP contribution in [0.3, 0.4) is 0 Å². The second-order valence-corrected chi connectivity index (χ2v) is 1.74. The number of halogens is 1. The van der Waals surface area contributed by atoms with E-state index in [1.54, 1.807) is 0 Å². The van der Waals surface area contributed by atoms with Gasteiger partial charge < -0.3 is 10.5 Å². The van der Waals surface area contributed by atoms with Gasteiger partial charge in [0.1, 0.15) is 0 Å². The van der Waals surface area contributed by atoms with Crippen LogP contribution in [0.2, 0.25) is 0 Å². The molecule has 1 rings (SSSR count). The highest BCUT2D eigenvalue weighted by molar-refractivity contribution is 4.68. The highest BCUT2D eigenvalue weighted by Crippen LogP contribution is 2.10. The molecule has 2 unspecified atom stereocenters. The van der Waals surface area contributed by atoms with Crippen LogP contribution in [0.5, 0.6) is 0 Å². The van der Waals surface area contributed by atoms with Gasteiger partial charge in [-0.05, 0) is 0 Å². The Hall–Kier alpha value is -0.150. The van der Waals surface area contributed by atoms with Gasteiger partial charge in [0.05, 0.1) is 6.61 Å². The van der Waals surface area contributed by atoms with Gasteiger partial charge in [-0.15, -0.1) is 0 Å². The fourth-order valence-electron chi connectivity index (χ4n) is 0.602. The lowest BCUT2D eigenvalue weighted by atomic mass is 10.3. The molecule has 0 aliphatic carbocycles. The molecule has 1 aliphatic rings. The van der Waals surface area contributed by atoms with E-state index in [9.17, 15) is 4.39 Å². The second-order valence-electron chi connectivity index (χ2n) is 1.74. The first kappa shape index (κ1) is 5.00. The third-order valence-corrected chi connectivity index (χ3v) is 0.979. The molecular weight excluding hydrogens is 97.0 g/mol. The molecule has 1 saturated heterocycles. The van der Waals surface area contributed by atoms with Crippen LogP contribution in [0.4, 0.5) is 4.39 Å². The van der Waals surface area contributed by atoms with Crippen LogP contribution in [0, 0.1) is 0 Å². The van der Waals surface area contributed by atoms with Crippen molar-refractivity contribution in [3.05, 3.63) is 0 Å². The lowest BCUT2D eigenvalue weighted by Gasteiger charge is -1.90. The molecular formula is C4H8FNO. The second kappa shape index (κ2) is 1.76. The molecule has 42 valence electrons.